The average molecular weight is 192 g/mol. The van der Waals surface area contributed by atoms with Gasteiger partial charge in [-0.3, -0.25) is 9.63 Å². The molecule has 1 amide bonds. The summed E-state index contributed by atoms with van der Waals surface area (Å²) in [4.78, 5) is 15.7. The van der Waals surface area contributed by atoms with Gasteiger partial charge >= 0.3 is 0 Å². The first kappa shape index (κ1) is 11.7. The molecule has 3 N–H and O–H groups in total. The molecule has 0 heterocycles. The highest BCUT2D eigenvalue weighted by Crippen LogP contribution is 1.98. The molecule has 72 valence electrons. The van der Waals surface area contributed by atoms with Crippen LogP contribution in [0.4, 0.5) is 0 Å². The summed E-state index contributed by atoms with van der Waals surface area (Å²) in [6, 6.07) is -0.455. The minimum Gasteiger partial charge on any atom is -0.320 e. The fourth-order valence-corrected chi connectivity index (χ4v) is 1.08. The van der Waals surface area contributed by atoms with Crippen LogP contribution in [0.3, 0.4) is 0 Å². The van der Waals surface area contributed by atoms with E-state index in [1.807, 2.05) is 6.26 Å². The minimum absolute atomic E-state index is 0.245. The summed E-state index contributed by atoms with van der Waals surface area (Å²) < 4.78 is 0. The first-order chi connectivity index (χ1) is 5.72. The van der Waals surface area contributed by atoms with Crippen molar-refractivity contribution in [1.82, 2.24) is 5.48 Å². The summed E-state index contributed by atoms with van der Waals surface area (Å²) in [6.07, 6.45) is 2.66. The molecule has 0 aromatic carbocycles. The van der Waals surface area contributed by atoms with Gasteiger partial charge in [0, 0.05) is 0 Å². The molecule has 5 heteroatoms. The van der Waals surface area contributed by atoms with Crippen LogP contribution in [0.15, 0.2) is 0 Å². The van der Waals surface area contributed by atoms with Gasteiger partial charge in [0.15, 0.2) is 0 Å². The van der Waals surface area contributed by atoms with Gasteiger partial charge in [-0.15, -0.1) is 0 Å². The number of nitrogens with two attached hydrogens (primary N) is 1. The Hall–Kier alpha value is -0.260. The average Bonchev–Trinajstić information content (AvgIpc) is 2.10. The van der Waals surface area contributed by atoms with E-state index in [2.05, 4.69) is 5.48 Å². The number of thioether (sulfide) groups is 1. The molecule has 0 aliphatic rings. The summed E-state index contributed by atoms with van der Waals surface area (Å²) in [6.45, 7) is 2.26. The van der Waals surface area contributed by atoms with E-state index < -0.39 is 6.04 Å². The third-order valence-corrected chi connectivity index (χ3v) is 1.93. The fraction of sp³-hybridized carbons (Fsp3) is 0.857. The Kier molecular flexibility index (Phi) is 7.23. The summed E-state index contributed by atoms with van der Waals surface area (Å²) in [5.41, 5.74) is 7.81. The van der Waals surface area contributed by atoms with Crippen LogP contribution in [0.2, 0.25) is 0 Å². The third kappa shape index (κ3) is 5.40. The molecular formula is C7H16N2O2S. The van der Waals surface area contributed by atoms with E-state index in [4.69, 9.17) is 10.6 Å². The lowest BCUT2D eigenvalue weighted by molar-refractivity contribution is -0.134. The van der Waals surface area contributed by atoms with Crippen molar-refractivity contribution >= 4 is 17.7 Å². The van der Waals surface area contributed by atoms with Gasteiger partial charge < -0.3 is 5.73 Å². The van der Waals surface area contributed by atoms with Gasteiger partial charge in [0.1, 0.15) is 0 Å². The molecule has 0 aromatic heterocycles. The Morgan fingerprint density at radius 1 is 1.75 bits per heavy atom. The summed E-state index contributed by atoms with van der Waals surface area (Å²) >= 11 is 1.67. The number of hydrogen-bond donors (Lipinski definition) is 2. The number of hydroxylamine groups is 1. The van der Waals surface area contributed by atoms with Crippen molar-refractivity contribution in [2.24, 2.45) is 5.73 Å². The largest absolute Gasteiger partial charge is 0.320 e. The Labute approximate surface area is 77.2 Å². The molecule has 0 saturated carbocycles. The predicted molar refractivity (Wildman–Crippen MR) is 50.7 cm³/mol. The fourth-order valence-electron chi connectivity index (χ4n) is 0.595. The van der Waals surface area contributed by atoms with Gasteiger partial charge in [-0.2, -0.15) is 11.8 Å². The van der Waals surface area contributed by atoms with E-state index in [1.165, 1.54) is 0 Å². The molecule has 0 saturated heterocycles. The molecule has 0 spiro atoms. The monoisotopic (exact) mass is 192 g/mol. The van der Waals surface area contributed by atoms with Gasteiger partial charge in [-0.1, -0.05) is 0 Å². The lowest BCUT2D eigenvalue weighted by atomic mass is 10.2. The first-order valence-electron chi connectivity index (χ1n) is 3.88. The van der Waals surface area contributed by atoms with E-state index in [0.717, 1.165) is 5.75 Å². The van der Waals surface area contributed by atoms with Crippen molar-refractivity contribution in [2.75, 3.05) is 18.6 Å². The van der Waals surface area contributed by atoms with E-state index in [0.29, 0.717) is 13.0 Å². The van der Waals surface area contributed by atoms with E-state index in [9.17, 15) is 4.79 Å². The van der Waals surface area contributed by atoms with Crippen LogP contribution >= 0.6 is 11.8 Å². The van der Waals surface area contributed by atoms with Crippen molar-refractivity contribution in [3.05, 3.63) is 0 Å². The van der Waals surface area contributed by atoms with E-state index in [-0.39, 0.29) is 5.91 Å². The Morgan fingerprint density at radius 2 is 2.42 bits per heavy atom. The van der Waals surface area contributed by atoms with Crippen LogP contribution in [0, 0.1) is 0 Å². The second-order valence-corrected chi connectivity index (χ2v) is 3.27. The lowest BCUT2D eigenvalue weighted by Gasteiger charge is -2.10. The summed E-state index contributed by atoms with van der Waals surface area (Å²) in [5.74, 6) is 0.645. The molecule has 0 radical (unpaired) electrons. The Balaban J connectivity index is 3.47. The number of rotatable bonds is 6. The maximum absolute atomic E-state index is 11.0. The van der Waals surface area contributed by atoms with E-state index >= 15 is 0 Å². The van der Waals surface area contributed by atoms with E-state index in [1.54, 1.807) is 18.7 Å². The Bertz CT molecular complexity index is 133. The third-order valence-electron chi connectivity index (χ3n) is 1.29. The van der Waals surface area contributed by atoms with Crippen molar-refractivity contribution in [2.45, 2.75) is 19.4 Å². The van der Waals surface area contributed by atoms with Gasteiger partial charge in [0.2, 0.25) is 0 Å². The second-order valence-electron chi connectivity index (χ2n) is 2.29. The highest BCUT2D eigenvalue weighted by Gasteiger charge is 2.11. The first-order valence-corrected chi connectivity index (χ1v) is 5.28. The quantitative estimate of drug-likeness (QED) is 0.587. The van der Waals surface area contributed by atoms with Crippen LogP contribution in [0.1, 0.15) is 13.3 Å². The molecular weight excluding hydrogens is 176 g/mol. The van der Waals surface area contributed by atoms with Crippen LogP contribution in [-0.2, 0) is 9.63 Å². The molecule has 1 atom stereocenters. The minimum atomic E-state index is -0.455. The molecule has 4 nitrogen and oxygen atoms in total. The molecule has 0 aliphatic carbocycles. The number of carbonyl (C=O) groups excluding carboxylic acids is 1. The Morgan fingerprint density at radius 3 is 2.92 bits per heavy atom. The molecule has 0 rings (SSSR count). The molecule has 0 unspecified atom stereocenters. The zero-order valence-electron chi connectivity index (χ0n) is 7.50. The number of hydrogen-bond acceptors (Lipinski definition) is 4. The maximum Gasteiger partial charge on any atom is 0.260 e. The molecule has 0 aromatic rings. The smallest absolute Gasteiger partial charge is 0.260 e. The van der Waals surface area contributed by atoms with Crippen molar-refractivity contribution < 1.29 is 9.63 Å². The summed E-state index contributed by atoms with van der Waals surface area (Å²) in [5, 5.41) is 0. The normalized spacial score (nSPS) is 12.6. The van der Waals surface area contributed by atoms with Gasteiger partial charge in [-0.25, -0.2) is 5.48 Å². The van der Waals surface area contributed by atoms with Crippen LogP contribution in [0.5, 0.6) is 0 Å². The molecule has 0 aliphatic heterocycles. The second kappa shape index (κ2) is 7.39. The molecule has 0 bridgehead atoms. The van der Waals surface area contributed by atoms with Crippen LogP contribution in [-0.4, -0.2) is 30.6 Å². The molecule has 0 fully saturated rings. The molecule has 12 heavy (non-hydrogen) atoms. The number of carbonyl (C=O) groups is 1. The van der Waals surface area contributed by atoms with Gasteiger partial charge in [-0.05, 0) is 25.4 Å². The van der Waals surface area contributed by atoms with Crippen molar-refractivity contribution in [3.8, 4) is 0 Å². The predicted octanol–water partition coefficient (Wildman–Crippen LogP) is 0.134. The summed E-state index contributed by atoms with van der Waals surface area (Å²) in [7, 11) is 0. The van der Waals surface area contributed by atoms with Crippen molar-refractivity contribution in [1.29, 1.82) is 0 Å². The zero-order valence-corrected chi connectivity index (χ0v) is 8.32. The van der Waals surface area contributed by atoms with Crippen molar-refractivity contribution in [3.63, 3.8) is 0 Å². The van der Waals surface area contributed by atoms with Gasteiger partial charge in [0.25, 0.3) is 5.91 Å². The highest BCUT2D eigenvalue weighted by molar-refractivity contribution is 7.98. The van der Waals surface area contributed by atoms with Gasteiger partial charge in [0.05, 0.1) is 12.6 Å². The number of nitrogens with one attached hydrogen (secondary N) is 1. The SMILES string of the molecule is CCONC(=O)[C@H](N)CCSC. The maximum atomic E-state index is 11.0. The highest BCUT2D eigenvalue weighted by atomic mass is 32.2. The number of amides is 1. The standard InChI is InChI=1S/C7H16N2O2S/c1-3-11-9-7(10)6(8)4-5-12-2/h6H,3-5,8H2,1-2H3,(H,9,10)/t6-/m1/s1. The van der Waals surface area contributed by atoms with Crippen LogP contribution < -0.4 is 11.2 Å². The zero-order chi connectivity index (χ0) is 9.40. The topological polar surface area (TPSA) is 64.3 Å². The lowest BCUT2D eigenvalue weighted by Crippen LogP contribution is -2.40. The van der Waals surface area contributed by atoms with Crippen LogP contribution in [0.25, 0.3) is 0 Å².